The maximum Gasteiger partial charge on any atom is 0.410 e. The highest BCUT2D eigenvalue weighted by atomic mass is 19.1. The van der Waals surface area contributed by atoms with Crippen LogP contribution in [-0.2, 0) is 26.1 Å². The van der Waals surface area contributed by atoms with E-state index in [-0.39, 0.29) is 47.9 Å². The van der Waals surface area contributed by atoms with Gasteiger partial charge in [0.25, 0.3) is 0 Å². The molecule has 0 saturated carbocycles. The smallest absolute Gasteiger partial charge is 0.410 e. The summed E-state index contributed by atoms with van der Waals surface area (Å²) in [7, 11) is 1.35. The number of fused-ring (bicyclic) bond motifs is 1. The number of anilines is 2. The maximum atomic E-state index is 14.4. The zero-order valence-electron chi connectivity index (χ0n) is 32.8. The molecule has 0 spiro atoms. The van der Waals surface area contributed by atoms with Crippen molar-refractivity contribution >= 4 is 29.5 Å². The first-order chi connectivity index (χ1) is 25.5. The molecule has 2 amide bonds. The quantitative estimate of drug-likeness (QED) is 0.288. The first-order valence-electron chi connectivity index (χ1n) is 18.8. The molecule has 54 heavy (non-hydrogen) atoms. The molecule has 2 saturated heterocycles. The first-order valence-corrected chi connectivity index (χ1v) is 18.8. The average Bonchev–Trinajstić information content (AvgIpc) is 3.39. The van der Waals surface area contributed by atoms with Crippen LogP contribution in [0.2, 0.25) is 0 Å². The Morgan fingerprint density at radius 2 is 1.65 bits per heavy atom. The number of benzene rings is 1. The van der Waals surface area contributed by atoms with E-state index in [1.165, 1.54) is 19.2 Å². The number of ether oxygens (including phenoxy) is 2. The number of carbonyl (C=O) groups is 3. The monoisotopic (exact) mass is 743 g/mol. The Kier molecular flexibility index (Phi) is 11.3. The van der Waals surface area contributed by atoms with Gasteiger partial charge in [-0.15, -0.1) is 0 Å². The molecular formula is C41H54FN7O5. The molecule has 3 aliphatic rings. The Morgan fingerprint density at radius 3 is 2.30 bits per heavy atom. The van der Waals surface area contributed by atoms with E-state index >= 15 is 0 Å². The van der Waals surface area contributed by atoms with Crippen LogP contribution in [-0.4, -0.2) is 126 Å². The fourth-order valence-corrected chi connectivity index (χ4v) is 7.80. The van der Waals surface area contributed by atoms with Gasteiger partial charge >= 0.3 is 12.1 Å². The number of halogens is 1. The van der Waals surface area contributed by atoms with Crippen LogP contribution in [0.4, 0.5) is 20.7 Å². The standard InChI is InChI=1S/C41H54FN7O5/c1-27-21-46(35-14-11-31(20-43-35)38(51)53-8)16-15-45(27)23-33-24-48(39(52)54-40(3,4)5)28(2)22-47(33)25-36(50)49-26-41(6,7)37-34(49)18-30(19-44-37)17-29-9-12-32(42)13-10-29/h9-14,18-20,27-28,33H,15-17,21-26H2,1-8H3/t27-,28-,33+/m1/s1. The van der Waals surface area contributed by atoms with Gasteiger partial charge < -0.3 is 24.2 Å². The van der Waals surface area contributed by atoms with E-state index in [2.05, 4.69) is 46.5 Å². The molecule has 2 fully saturated rings. The molecule has 290 valence electrons. The fraction of sp³-hybridized carbons (Fsp3) is 0.537. The molecule has 3 aromatic rings. The topological polar surface area (TPSA) is 112 Å². The van der Waals surface area contributed by atoms with Gasteiger partial charge in [0.05, 0.1) is 30.6 Å². The fourth-order valence-electron chi connectivity index (χ4n) is 7.80. The highest BCUT2D eigenvalue weighted by molar-refractivity contribution is 5.97. The summed E-state index contributed by atoms with van der Waals surface area (Å²) in [5, 5.41) is 0. The van der Waals surface area contributed by atoms with Gasteiger partial charge in [0.2, 0.25) is 5.91 Å². The molecule has 1 aromatic carbocycles. The number of nitrogens with zero attached hydrogens (tertiary/aromatic N) is 7. The van der Waals surface area contributed by atoms with Crippen LogP contribution in [0.15, 0.2) is 54.9 Å². The van der Waals surface area contributed by atoms with Gasteiger partial charge in [0.1, 0.15) is 17.2 Å². The summed E-state index contributed by atoms with van der Waals surface area (Å²) in [5.41, 5.74) is 3.08. The first kappa shape index (κ1) is 39.1. The van der Waals surface area contributed by atoms with E-state index in [1.54, 1.807) is 24.4 Å². The maximum absolute atomic E-state index is 14.4. The Labute approximate surface area is 318 Å². The van der Waals surface area contributed by atoms with Crippen molar-refractivity contribution in [3.8, 4) is 0 Å². The highest BCUT2D eigenvalue weighted by Crippen LogP contribution is 2.40. The number of aromatic nitrogens is 2. The van der Waals surface area contributed by atoms with Crippen molar-refractivity contribution in [1.29, 1.82) is 0 Å². The molecule has 0 radical (unpaired) electrons. The largest absolute Gasteiger partial charge is 0.465 e. The molecule has 0 bridgehead atoms. The van der Waals surface area contributed by atoms with Crippen LogP contribution in [0.3, 0.4) is 0 Å². The second-order valence-corrected chi connectivity index (χ2v) is 16.6. The number of pyridine rings is 2. The zero-order chi connectivity index (χ0) is 38.9. The van der Waals surface area contributed by atoms with Crippen LogP contribution in [0.1, 0.15) is 75.6 Å². The van der Waals surface area contributed by atoms with Gasteiger partial charge in [-0.1, -0.05) is 26.0 Å². The zero-order valence-corrected chi connectivity index (χ0v) is 32.8. The van der Waals surface area contributed by atoms with E-state index in [1.807, 2.05) is 49.8 Å². The Balaban J connectivity index is 1.19. The summed E-state index contributed by atoms with van der Waals surface area (Å²) < 4.78 is 24.2. The highest BCUT2D eigenvalue weighted by Gasteiger charge is 2.43. The summed E-state index contributed by atoms with van der Waals surface area (Å²) in [5.74, 6) is 0.0955. The molecule has 0 N–H and O–H groups in total. The van der Waals surface area contributed by atoms with Crippen molar-refractivity contribution in [2.75, 3.05) is 69.3 Å². The number of amides is 2. The minimum Gasteiger partial charge on any atom is -0.465 e. The van der Waals surface area contributed by atoms with Crippen molar-refractivity contribution in [2.24, 2.45) is 0 Å². The van der Waals surface area contributed by atoms with Gasteiger partial charge in [0, 0.05) is 81.7 Å². The van der Waals surface area contributed by atoms with Crippen LogP contribution in [0, 0.1) is 5.82 Å². The third-order valence-corrected chi connectivity index (χ3v) is 10.7. The van der Waals surface area contributed by atoms with Gasteiger partial charge in [-0.05, 0) is 82.5 Å². The molecule has 0 aliphatic carbocycles. The van der Waals surface area contributed by atoms with Crippen LogP contribution in [0.5, 0.6) is 0 Å². The number of piperazine rings is 2. The third-order valence-electron chi connectivity index (χ3n) is 10.7. The van der Waals surface area contributed by atoms with E-state index in [4.69, 9.17) is 14.5 Å². The summed E-state index contributed by atoms with van der Waals surface area (Å²) in [6.07, 6.45) is 3.64. The van der Waals surface area contributed by atoms with Crippen molar-refractivity contribution in [3.63, 3.8) is 0 Å². The molecule has 13 heteroatoms. The van der Waals surface area contributed by atoms with Gasteiger partial charge in [-0.3, -0.25) is 19.6 Å². The Morgan fingerprint density at radius 1 is 0.907 bits per heavy atom. The summed E-state index contributed by atoms with van der Waals surface area (Å²) in [6, 6.07) is 12.0. The predicted molar refractivity (Wildman–Crippen MR) is 205 cm³/mol. The van der Waals surface area contributed by atoms with E-state index < -0.39 is 11.6 Å². The Bertz CT molecular complexity index is 1830. The minimum absolute atomic E-state index is 0.00943. The van der Waals surface area contributed by atoms with Crippen molar-refractivity contribution in [1.82, 2.24) is 24.7 Å². The number of hydrogen-bond acceptors (Lipinski definition) is 10. The second-order valence-electron chi connectivity index (χ2n) is 16.6. The third kappa shape index (κ3) is 8.84. The predicted octanol–water partition coefficient (Wildman–Crippen LogP) is 5.14. The number of hydrogen-bond donors (Lipinski definition) is 0. The van der Waals surface area contributed by atoms with Crippen molar-refractivity contribution in [2.45, 2.75) is 84.0 Å². The molecule has 3 atom stereocenters. The van der Waals surface area contributed by atoms with E-state index in [0.717, 1.165) is 48.0 Å². The molecule has 12 nitrogen and oxygen atoms in total. The molecule has 5 heterocycles. The van der Waals surface area contributed by atoms with Crippen LogP contribution >= 0.6 is 0 Å². The lowest BCUT2D eigenvalue weighted by Gasteiger charge is -2.48. The van der Waals surface area contributed by atoms with Crippen molar-refractivity contribution in [3.05, 3.63) is 83.1 Å². The summed E-state index contributed by atoms with van der Waals surface area (Å²) >= 11 is 0. The van der Waals surface area contributed by atoms with Crippen LogP contribution in [0.25, 0.3) is 0 Å². The normalized spacial score (nSPS) is 21.9. The van der Waals surface area contributed by atoms with E-state index in [9.17, 15) is 18.8 Å². The lowest BCUT2D eigenvalue weighted by atomic mass is 9.91. The SMILES string of the molecule is COC(=O)c1ccc(N2CCN(C[C@H]3CN(C(=O)OC(C)(C)C)[C@H](C)CN3CC(=O)N3CC(C)(C)c4ncc(Cc5ccc(F)cc5)cc43)[C@H](C)C2)nc1. The second kappa shape index (κ2) is 15.6. The lowest BCUT2D eigenvalue weighted by molar-refractivity contribution is -0.121. The van der Waals surface area contributed by atoms with Gasteiger partial charge in [0.15, 0.2) is 0 Å². The molecule has 2 aromatic heterocycles. The molecular weight excluding hydrogens is 689 g/mol. The average molecular weight is 744 g/mol. The minimum atomic E-state index is -0.632. The van der Waals surface area contributed by atoms with Gasteiger partial charge in [-0.2, -0.15) is 0 Å². The van der Waals surface area contributed by atoms with Gasteiger partial charge in [-0.25, -0.2) is 19.0 Å². The lowest BCUT2D eigenvalue weighted by Crippen LogP contribution is -2.65. The summed E-state index contributed by atoms with van der Waals surface area (Å²) in [4.78, 5) is 59.7. The van der Waals surface area contributed by atoms with Crippen LogP contribution < -0.4 is 9.80 Å². The van der Waals surface area contributed by atoms with E-state index in [0.29, 0.717) is 38.2 Å². The number of esters is 1. The van der Waals surface area contributed by atoms with Crippen molar-refractivity contribution < 1.29 is 28.2 Å². The molecule has 3 aliphatic heterocycles. The number of carbonyl (C=O) groups excluding carboxylic acids is 3. The Hall–Kier alpha value is -4.62. The number of methoxy groups -OCH3 is 1. The summed E-state index contributed by atoms with van der Waals surface area (Å²) in [6.45, 7) is 18.6. The number of rotatable bonds is 8. The molecule has 6 rings (SSSR count). The molecule has 0 unspecified atom stereocenters.